The molecule has 7 heteroatoms. The number of nitrogens with zero attached hydrogens (tertiary/aromatic N) is 2. The zero-order chi connectivity index (χ0) is 21.0. The molecule has 3 rings (SSSR count). The first-order valence-corrected chi connectivity index (χ1v) is 9.86. The largest absolute Gasteiger partial charge is 0.496 e. The Hall–Kier alpha value is -2.99. The van der Waals surface area contributed by atoms with Gasteiger partial charge in [0.1, 0.15) is 11.4 Å². The van der Waals surface area contributed by atoms with Crippen LogP contribution in [0, 0.1) is 0 Å². The fraction of sp³-hybridized carbons (Fsp3) is 0.273. The molecule has 1 aliphatic rings. The van der Waals surface area contributed by atoms with Crippen LogP contribution >= 0.6 is 11.6 Å². The van der Waals surface area contributed by atoms with E-state index in [1.807, 2.05) is 18.2 Å². The summed E-state index contributed by atoms with van der Waals surface area (Å²) in [4.78, 5) is 28.5. The number of halogens is 1. The van der Waals surface area contributed by atoms with Crippen molar-refractivity contribution in [1.82, 2.24) is 10.2 Å². The third kappa shape index (κ3) is 4.54. The highest BCUT2D eigenvalue weighted by Crippen LogP contribution is 2.28. The van der Waals surface area contributed by atoms with Crippen molar-refractivity contribution in [3.8, 4) is 5.75 Å². The van der Waals surface area contributed by atoms with Crippen LogP contribution in [0.15, 0.2) is 48.2 Å². The number of carbonyl (C=O) groups excluding carboxylic acids is 2. The van der Waals surface area contributed by atoms with Gasteiger partial charge in [-0.05, 0) is 49.8 Å². The lowest BCUT2D eigenvalue weighted by Gasteiger charge is -2.22. The summed E-state index contributed by atoms with van der Waals surface area (Å²) in [5.74, 6) is 0.264. The first-order valence-electron chi connectivity index (χ1n) is 9.48. The predicted octanol–water partition coefficient (Wildman–Crippen LogP) is 4.29. The minimum atomic E-state index is -0.449. The summed E-state index contributed by atoms with van der Waals surface area (Å²) in [5, 5.41) is 3.25. The van der Waals surface area contributed by atoms with Gasteiger partial charge in [-0.1, -0.05) is 23.7 Å². The van der Waals surface area contributed by atoms with Gasteiger partial charge >= 0.3 is 6.03 Å². The van der Waals surface area contributed by atoms with Gasteiger partial charge in [0.05, 0.1) is 13.7 Å². The van der Waals surface area contributed by atoms with E-state index in [4.69, 9.17) is 16.3 Å². The molecule has 1 fully saturated rings. The molecule has 1 aliphatic heterocycles. The Labute approximate surface area is 175 Å². The number of benzene rings is 2. The Kier molecular flexibility index (Phi) is 6.44. The van der Waals surface area contributed by atoms with Gasteiger partial charge in [-0.3, -0.25) is 9.69 Å². The number of hydrogen-bond donors (Lipinski definition) is 1. The van der Waals surface area contributed by atoms with Gasteiger partial charge in [0.15, 0.2) is 0 Å². The number of carbonyl (C=O) groups is 2. The summed E-state index contributed by atoms with van der Waals surface area (Å²) in [5.41, 5.74) is 2.80. The molecule has 0 spiro atoms. The summed E-state index contributed by atoms with van der Waals surface area (Å²) in [6, 6.07) is 12.4. The van der Waals surface area contributed by atoms with E-state index < -0.39 is 6.03 Å². The van der Waals surface area contributed by atoms with Crippen LogP contribution < -0.4 is 15.0 Å². The number of urea groups is 1. The molecule has 152 valence electrons. The molecule has 3 amide bonds. The van der Waals surface area contributed by atoms with Crippen LogP contribution in [0.3, 0.4) is 0 Å². The van der Waals surface area contributed by atoms with Crippen LogP contribution in [0.25, 0.3) is 6.08 Å². The Bertz CT molecular complexity index is 937. The van der Waals surface area contributed by atoms with Crippen LogP contribution in [0.5, 0.6) is 5.75 Å². The molecule has 29 heavy (non-hydrogen) atoms. The molecule has 0 aromatic heterocycles. The quantitative estimate of drug-likeness (QED) is 0.543. The normalized spacial score (nSPS) is 15.0. The van der Waals surface area contributed by atoms with Crippen molar-refractivity contribution < 1.29 is 14.3 Å². The average molecular weight is 414 g/mol. The minimum absolute atomic E-state index is 0.178. The number of rotatable bonds is 7. The Balaban J connectivity index is 1.84. The summed E-state index contributed by atoms with van der Waals surface area (Å²) in [6.45, 7) is 6.13. The predicted molar refractivity (Wildman–Crippen MR) is 115 cm³/mol. The van der Waals surface area contributed by atoms with Crippen LogP contribution in [-0.4, -0.2) is 37.0 Å². The number of amides is 3. The number of methoxy groups -OCH3 is 1. The molecule has 0 aliphatic carbocycles. The lowest BCUT2D eigenvalue weighted by Crippen LogP contribution is -2.30. The van der Waals surface area contributed by atoms with E-state index in [0.717, 1.165) is 29.9 Å². The highest BCUT2D eigenvalue weighted by Gasteiger charge is 2.33. The SMILES string of the molecule is CCN(CC)c1ccc(/C=C2/NC(=O)N(Cc3ccc(Cl)cc3)C2=O)c(OC)c1. The van der Waals surface area contributed by atoms with Crippen LogP contribution in [0.1, 0.15) is 25.0 Å². The van der Waals surface area contributed by atoms with E-state index in [1.165, 1.54) is 4.90 Å². The summed E-state index contributed by atoms with van der Waals surface area (Å²) < 4.78 is 5.51. The first kappa shape index (κ1) is 20.7. The zero-order valence-corrected chi connectivity index (χ0v) is 17.5. The van der Waals surface area contributed by atoms with E-state index >= 15 is 0 Å². The molecule has 1 saturated heterocycles. The van der Waals surface area contributed by atoms with Crippen LogP contribution in [-0.2, 0) is 11.3 Å². The van der Waals surface area contributed by atoms with Crippen molar-refractivity contribution in [3.05, 3.63) is 64.3 Å². The van der Waals surface area contributed by atoms with Gasteiger partial charge < -0.3 is 15.0 Å². The maximum Gasteiger partial charge on any atom is 0.329 e. The van der Waals surface area contributed by atoms with E-state index in [9.17, 15) is 9.59 Å². The molecular weight excluding hydrogens is 390 g/mol. The monoisotopic (exact) mass is 413 g/mol. The standard InChI is InChI=1S/C22H24ClN3O3/c1-4-25(5-2)18-11-8-16(20(13-18)29-3)12-19-21(27)26(22(28)24-19)14-15-6-9-17(23)10-7-15/h6-13H,4-5,14H2,1-3H3,(H,24,28)/b19-12+. The number of hydrogen-bond acceptors (Lipinski definition) is 4. The van der Waals surface area contributed by atoms with Crippen molar-refractivity contribution in [2.45, 2.75) is 20.4 Å². The third-order valence-corrected chi connectivity index (χ3v) is 5.11. The maximum atomic E-state index is 12.8. The van der Waals surface area contributed by atoms with Gasteiger partial charge in [0.25, 0.3) is 5.91 Å². The van der Waals surface area contributed by atoms with Crippen LogP contribution in [0.4, 0.5) is 10.5 Å². The summed E-state index contributed by atoms with van der Waals surface area (Å²) in [6.07, 6.45) is 1.65. The Morgan fingerprint density at radius 1 is 1.10 bits per heavy atom. The fourth-order valence-electron chi connectivity index (χ4n) is 3.25. The number of anilines is 1. The lowest BCUT2D eigenvalue weighted by atomic mass is 10.1. The van der Waals surface area contributed by atoms with Crippen molar-refractivity contribution in [2.75, 3.05) is 25.1 Å². The topological polar surface area (TPSA) is 61.9 Å². The van der Waals surface area contributed by atoms with Crippen molar-refractivity contribution in [2.24, 2.45) is 0 Å². The molecule has 2 aromatic rings. The Morgan fingerprint density at radius 3 is 2.41 bits per heavy atom. The summed E-state index contributed by atoms with van der Waals surface area (Å²) >= 11 is 5.89. The lowest BCUT2D eigenvalue weighted by molar-refractivity contribution is -0.123. The molecule has 0 bridgehead atoms. The van der Waals surface area contributed by atoms with Gasteiger partial charge in [0.2, 0.25) is 0 Å². The number of nitrogens with one attached hydrogen (secondary N) is 1. The third-order valence-electron chi connectivity index (χ3n) is 4.86. The Morgan fingerprint density at radius 2 is 1.79 bits per heavy atom. The van der Waals surface area contributed by atoms with Crippen LogP contribution in [0.2, 0.25) is 5.02 Å². The van der Waals surface area contributed by atoms with E-state index in [0.29, 0.717) is 10.8 Å². The molecule has 0 unspecified atom stereocenters. The van der Waals surface area contributed by atoms with Gasteiger partial charge in [-0.15, -0.1) is 0 Å². The second-order valence-electron chi connectivity index (χ2n) is 6.60. The molecule has 0 atom stereocenters. The summed E-state index contributed by atoms with van der Waals surface area (Å²) in [7, 11) is 1.59. The van der Waals surface area contributed by atoms with Crippen molar-refractivity contribution in [3.63, 3.8) is 0 Å². The first-order chi connectivity index (χ1) is 14.0. The molecule has 1 heterocycles. The fourth-order valence-corrected chi connectivity index (χ4v) is 3.37. The number of imide groups is 1. The van der Waals surface area contributed by atoms with Crippen molar-refractivity contribution >= 4 is 35.3 Å². The second-order valence-corrected chi connectivity index (χ2v) is 7.04. The van der Waals surface area contributed by atoms with E-state index in [1.54, 1.807) is 37.5 Å². The molecular formula is C22H24ClN3O3. The molecule has 6 nitrogen and oxygen atoms in total. The average Bonchev–Trinajstić information content (AvgIpc) is 2.98. The molecule has 1 N–H and O–H groups in total. The van der Waals surface area contributed by atoms with Crippen molar-refractivity contribution in [1.29, 1.82) is 0 Å². The minimum Gasteiger partial charge on any atom is -0.496 e. The molecule has 0 saturated carbocycles. The maximum absolute atomic E-state index is 12.8. The van der Waals surface area contributed by atoms with E-state index in [2.05, 4.69) is 24.1 Å². The van der Waals surface area contributed by atoms with Gasteiger partial charge in [-0.2, -0.15) is 0 Å². The smallest absolute Gasteiger partial charge is 0.329 e. The molecule has 0 radical (unpaired) electrons. The molecule has 2 aromatic carbocycles. The second kappa shape index (κ2) is 9.01. The van der Waals surface area contributed by atoms with Gasteiger partial charge in [-0.25, -0.2) is 4.79 Å². The zero-order valence-electron chi connectivity index (χ0n) is 16.7. The van der Waals surface area contributed by atoms with Gasteiger partial charge in [0, 0.05) is 35.4 Å². The highest BCUT2D eigenvalue weighted by molar-refractivity contribution is 6.30. The number of ether oxygens (including phenoxy) is 1. The highest BCUT2D eigenvalue weighted by atomic mass is 35.5. The van der Waals surface area contributed by atoms with E-state index in [-0.39, 0.29) is 18.1 Å².